The lowest BCUT2D eigenvalue weighted by molar-refractivity contribution is 0.415. The van der Waals surface area contributed by atoms with Crippen molar-refractivity contribution in [3.05, 3.63) is 47.8 Å². The van der Waals surface area contributed by atoms with Crippen LogP contribution in [0.5, 0.6) is 5.75 Å². The molecule has 0 aliphatic carbocycles. The van der Waals surface area contributed by atoms with Crippen molar-refractivity contribution >= 4 is 17.1 Å². The fraction of sp³-hybridized carbons (Fsp3) is 0.0714. The summed E-state index contributed by atoms with van der Waals surface area (Å²) in [6.07, 6.45) is 0. The van der Waals surface area contributed by atoms with Gasteiger partial charge in [-0.1, -0.05) is 6.07 Å². The monoisotopic (exact) mass is 257 g/mol. The molecule has 0 atom stereocenters. The molecule has 0 unspecified atom stereocenters. The van der Waals surface area contributed by atoms with Gasteiger partial charge in [-0.3, -0.25) is 0 Å². The average molecular weight is 257 g/mol. The van der Waals surface area contributed by atoms with Crippen molar-refractivity contribution in [2.75, 3.05) is 18.2 Å². The van der Waals surface area contributed by atoms with Crippen LogP contribution in [0.3, 0.4) is 0 Å². The van der Waals surface area contributed by atoms with E-state index in [9.17, 15) is 4.39 Å². The third kappa shape index (κ3) is 2.75. The number of hydrogen-bond acceptors (Lipinski definition) is 4. The summed E-state index contributed by atoms with van der Waals surface area (Å²) in [6, 6.07) is 11.3. The molecular formula is C14H12FN3O. The number of hydrogen-bond donors (Lipinski definition) is 2. The lowest BCUT2D eigenvalue weighted by Gasteiger charge is -2.11. The number of anilines is 3. The van der Waals surface area contributed by atoms with Crippen LogP contribution >= 0.6 is 0 Å². The molecule has 0 radical (unpaired) electrons. The molecule has 2 aromatic carbocycles. The molecule has 0 saturated heterocycles. The minimum absolute atomic E-state index is 0.0381. The number of methoxy groups -OCH3 is 1. The number of nitrogens with two attached hydrogens (primary N) is 1. The molecule has 0 amide bonds. The Labute approximate surface area is 110 Å². The van der Waals surface area contributed by atoms with Crippen LogP contribution in [-0.4, -0.2) is 7.11 Å². The van der Waals surface area contributed by atoms with E-state index in [0.717, 1.165) is 0 Å². The Morgan fingerprint density at radius 1 is 1.32 bits per heavy atom. The smallest absolute Gasteiger partial charge is 0.143 e. The molecule has 3 N–H and O–H groups in total. The largest absolute Gasteiger partial charge is 0.497 e. The zero-order chi connectivity index (χ0) is 13.8. The zero-order valence-electron chi connectivity index (χ0n) is 10.3. The molecule has 0 bridgehead atoms. The van der Waals surface area contributed by atoms with Gasteiger partial charge in [0.1, 0.15) is 23.2 Å². The van der Waals surface area contributed by atoms with Gasteiger partial charge in [-0.25, -0.2) is 4.39 Å². The second-order valence-corrected chi connectivity index (χ2v) is 3.89. The van der Waals surface area contributed by atoms with Gasteiger partial charge >= 0.3 is 0 Å². The average Bonchev–Trinajstić information content (AvgIpc) is 2.38. The second-order valence-electron chi connectivity index (χ2n) is 3.89. The molecule has 2 aromatic rings. The molecule has 96 valence electrons. The van der Waals surface area contributed by atoms with Crippen molar-refractivity contribution in [2.24, 2.45) is 0 Å². The van der Waals surface area contributed by atoms with E-state index in [0.29, 0.717) is 22.8 Å². The standard InChI is InChI=1S/C14H12FN3O/c1-19-11-6-9(17)5-10(7-11)18-14-4-2-3-13(15)12(14)8-16/h2-7,18H,17H2,1H3. The van der Waals surface area contributed by atoms with Gasteiger partial charge in [0.25, 0.3) is 0 Å². The van der Waals surface area contributed by atoms with Gasteiger partial charge in [-0.2, -0.15) is 5.26 Å². The summed E-state index contributed by atoms with van der Waals surface area (Å²) in [5, 5.41) is 11.9. The quantitative estimate of drug-likeness (QED) is 0.829. The summed E-state index contributed by atoms with van der Waals surface area (Å²) >= 11 is 0. The van der Waals surface area contributed by atoms with Crippen molar-refractivity contribution in [3.8, 4) is 11.8 Å². The first-order valence-corrected chi connectivity index (χ1v) is 5.54. The van der Waals surface area contributed by atoms with Gasteiger partial charge in [0, 0.05) is 23.5 Å². The fourth-order valence-electron chi connectivity index (χ4n) is 1.71. The summed E-state index contributed by atoms with van der Waals surface area (Å²) in [5.41, 5.74) is 7.21. The Morgan fingerprint density at radius 3 is 2.79 bits per heavy atom. The van der Waals surface area contributed by atoms with Gasteiger partial charge in [0.15, 0.2) is 0 Å². The molecule has 0 aliphatic heterocycles. The minimum Gasteiger partial charge on any atom is -0.497 e. The minimum atomic E-state index is -0.566. The summed E-state index contributed by atoms with van der Waals surface area (Å²) in [5.74, 6) is 0.0146. The Morgan fingerprint density at radius 2 is 2.11 bits per heavy atom. The molecular weight excluding hydrogens is 245 g/mol. The first kappa shape index (κ1) is 12.7. The molecule has 4 nitrogen and oxygen atoms in total. The van der Waals surface area contributed by atoms with Crippen molar-refractivity contribution < 1.29 is 9.13 Å². The number of ether oxygens (including phenoxy) is 1. The fourth-order valence-corrected chi connectivity index (χ4v) is 1.71. The number of nitriles is 1. The van der Waals surface area contributed by atoms with Crippen molar-refractivity contribution in [2.45, 2.75) is 0 Å². The van der Waals surface area contributed by atoms with E-state index in [-0.39, 0.29) is 5.56 Å². The van der Waals surface area contributed by atoms with E-state index < -0.39 is 5.82 Å². The lowest BCUT2D eigenvalue weighted by Crippen LogP contribution is -1.98. The molecule has 0 aromatic heterocycles. The topological polar surface area (TPSA) is 71.1 Å². The van der Waals surface area contributed by atoms with Gasteiger partial charge in [0.05, 0.1) is 12.8 Å². The normalized spacial score (nSPS) is 9.74. The molecule has 2 rings (SSSR count). The third-order valence-corrected chi connectivity index (χ3v) is 2.57. The summed E-state index contributed by atoms with van der Waals surface area (Å²) in [4.78, 5) is 0. The highest BCUT2D eigenvalue weighted by molar-refractivity contribution is 5.70. The van der Waals surface area contributed by atoms with Crippen molar-refractivity contribution in [3.63, 3.8) is 0 Å². The van der Waals surface area contributed by atoms with Crippen LogP contribution in [-0.2, 0) is 0 Å². The SMILES string of the molecule is COc1cc(N)cc(Nc2cccc(F)c2C#N)c1. The van der Waals surface area contributed by atoms with Crippen LogP contribution in [0.2, 0.25) is 0 Å². The summed E-state index contributed by atoms with van der Waals surface area (Å²) in [6.45, 7) is 0. The Kier molecular flexibility index (Phi) is 3.53. The highest BCUT2D eigenvalue weighted by Crippen LogP contribution is 2.27. The first-order chi connectivity index (χ1) is 9.13. The molecule has 0 heterocycles. The lowest BCUT2D eigenvalue weighted by atomic mass is 10.1. The highest BCUT2D eigenvalue weighted by Gasteiger charge is 2.08. The van der Waals surface area contributed by atoms with Crippen molar-refractivity contribution in [1.82, 2.24) is 0 Å². The van der Waals surface area contributed by atoms with E-state index in [4.69, 9.17) is 15.7 Å². The van der Waals surface area contributed by atoms with Crippen molar-refractivity contribution in [1.29, 1.82) is 5.26 Å². The predicted octanol–water partition coefficient (Wildman–Crippen LogP) is 3.03. The molecule has 0 spiro atoms. The van der Waals surface area contributed by atoms with Crippen LogP contribution in [0.25, 0.3) is 0 Å². The highest BCUT2D eigenvalue weighted by atomic mass is 19.1. The van der Waals surface area contributed by atoms with Crippen LogP contribution in [0.15, 0.2) is 36.4 Å². The zero-order valence-corrected chi connectivity index (χ0v) is 10.3. The molecule has 19 heavy (non-hydrogen) atoms. The summed E-state index contributed by atoms with van der Waals surface area (Å²) in [7, 11) is 1.53. The van der Waals surface area contributed by atoms with Crippen LogP contribution in [0.1, 0.15) is 5.56 Å². The Balaban J connectivity index is 2.39. The number of nitrogens with zero attached hydrogens (tertiary/aromatic N) is 1. The van der Waals surface area contributed by atoms with Gasteiger partial charge in [-0.15, -0.1) is 0 Å². The van der Waals surface area contributed by atoms with E-state index in [1.54, 1.807) is 24.3 Å². The number of nitrogens with one attached hydrogen (secondary N) is 1. The number of benzene rings is 2. The van der Waals surface area contributed by atoms with E-state index in [1.165, 1.54) is 19.2 Å². The van der Waals surface area contributed by atoms with E-state index in [1.807, 2.05) is 6.07 Å². The van der Waals surface area contributed by atoms with E-state index >= 15 is 0 Å². The van der Waals surface area contributed by atoms with Gasteiger partial charge in [-0.05, 0) is 18.2 Å². The Bertz CT molecular complexity index is 650. The maximum absolute atomic E-state index is 13.5. The maximum atomic E-state index is 13.5. The number of rotatable bonds is 3. The molecule has 0 aliphatic rings. The molecule has 5 heteroatoms. The van der Waals surface area contributed by atoms with Gasteiger partial charge in [0.2, 0.25) is 0 Å². The second kappa shape index (κ2) is 5.27. The number of halogens is 1. The van der Waals surface area contributed by atoms with E-state index in [2.05, 4.69) is 5.32 Å². The third-order valence-electron chi connectivity index (χ3n) is 2.57. The predicted molar refractivity (Wildman–Crippen MR) is 71.8 cm³/mol. The number of nitrogen functional groups attached to an aromatic ring is 1. The van der Waals surface area contributed by atoms with Crippen LogP contribution < -0.4 is 15.8 Å². The van der Waals surface area contributed by atoms with Crippen LogP contribution in [0.4, 0.5) is 21.5 Å². The maximum Gasteiger partial charge on any atom is 0.143 e. The van der Waals surface area contributed by atoms with Gasteiger partial charge < -0.3 is 15.8 Å². The molecule has 0 fully saturated rings. The Hall–Kier alpha value is -2.74. The first-order valence-electron chi connectivity index (χ1n) is 5.54. The molecule has 0 saturated carbocycles. The van der Waals surface area contributed by atoms with Crippen LogP contribution in [0, 0.1) is 17.1 Å². The summed E-state index contributed by atoms with van der Waals surface area (Å²) < 4.78 is 18.6.